The van der Waals surface area contributed by atoms with Crippen molar-refractivity contribution < 1.29 is 32.6 Å². The van der Waals surface area contributed by atoms with Crippen LogP contribution in [0.1, 0.15) is 50.4 Å². The van der Waals surface area contributed by atoms with E-state index < -0.39 is 28.1 Å². The molecule has 3 aromatic carbocycles. The van der Waals surface area contributed by atoms with Crippen LogP contribution in [-0.2, 0) is 14.8 Å². The van der Waals surface area contributed by atoms with Gasteiger partial charge in [-0.15, -0.1) is 0 Å². The number of carbonyl (C=O) groups is 2. The largest absolute Gasteiger partial charge is 0.490 e. The number of aliphatic hydroxyl groups is 1. The van der Waals surface area contributed by atoms with Crippen molar-refractivity contribution in [3.8, 4) is 5.75 Å². The van der Waals surface area contributed by atoms with Gasteiger partial charge in [-0.3, -0.25) is 9.52 Å². The fourth-order valence-electron chi connectivity index (χ4n) is 5.37. The third kappa shape index (κ3) is 10.1. The van der Waals surface area contributed by atoms with Gasteiger partial charge in [0.05, 0.1) is 35.3 Å². The fourth-order valence-corrected chi connectivity index (χ4v) is 6.55. The molecule has 11 nitrogen and oxygen atoms in total. The zero-order valence-electron chi connectivity index (χ0n) is 27.8. The molecule has 48 heavy (non-hydrogen) atoms. The number of benzene rings is 3. The SMILES string of the molecule is C[C@@H]1CCCCO[C@H](CN(C)C(=O)Nc2ccccc2)[C@H](C)CN([C@@H](C)CO)C(=O)c2cc(NS(=O)(=O)c3ccc(Cl)cc3)ccc2O1. The lowest BCUT2D eigenvalue weighted by Crippen LogP contribution is -2.48. The highest BCUT2D eigenvalue weighted by Crippen LogP contribution is 2.30. The van der Waals surface area contributed by atoms with Crippen molar-refractivity contribution in [2.75, 3.05) is 43.4 Å². The molecular formula is C35H45ClN4O7S. The Balaban J connectivity index is 1.63. The number of carbonyl (C=O) groups excluding carboxylic acids is 2. The molecule has 0 aliphatic carbocycles. The number of sulfonamides is 1. The van der Waals surface area contributed by atoms with Crippen LogP contribution in [0.3, 0.4) is 0 Å². The molecule has 1 aliphatic rings. The summed E-state index contributed by atoms with van der Waals surface area (Å²) in [4.78, 5) is 30.5. The average molecular weight is 701 g/mol. The molecule has 260 valence electrons. The Labute approximate surface area is 288 Å². The summed E-state index contributed by atoms with van der Waals surface area (Å²) < 4.78 is 41.5. The minimum atomic E-state index is -3.99. The van der Waals surface area contributed by atoms with Crippen LogP contribution in [0, 0.1) is 5.92 Å². The molecule has 13 heteroatoms. The summed E-state index contributed by atoms with van der Waals surface area (Å²) in [5, 5.41) is 13.5. The predicted molar refractivity (Wildman–Crippen MR) is 187 cm³/mol. The van der Waals surface area contributed by atoms with Gasteiger partial charge < -0.3 is 29.7 Å². The second-order valence-corrected chi connectivity index (χ2v) is 14.4. The first-order chi connectivity index (χ1) is 22.9. The van der Waals surface area contributed by atoms with Crippen LogP contribution in [0.15, 0.2) is 77.7 Å². The Morgan fingerprint density at radius 1 is 1.06 bits per heavy atom. The number of nitrogens with one attached hydrogen (secondary N) is 2. The number of likely N-dealkylation sites (N-methyl/N-ethyl adjacent to an activating group) is 1. The molecule has 0 saturated heterocycles. The van der Waals surface area contributed by atoms with Crippen molar-refractivity contribution >= 4 is 44.9 Å². The number of nitrogens with zero attached hydrogens (tertiary/aromatic N) is 2. The molecule has 4 atom stereocenters. The number of anilines is 2. The van der Waals surface area contributed by atoms with Crippen LogP contribution in [0.5, 0.6) is 5.75 Å². The summed E-state index contributed by atoms with van der Waals surface area (Å²) >= 11 is 5.95. The normalized spacial score (nSPS) is 20.1. The van der Waals surface area contributed by atoms with Crippen molar-refractivity contribution in [3.63, 3.8) is 0 Å². The molecule has 0 saturated carbocycles. The standard InChI is InChI=1S/C35H45ClN4O7S/c1-24-21-40(25(2)23-41)34(42)31-20-29(38-48(44,45)30-16-13-27(36)14-17-30)15-18-32(31)47-26(3)10-8-9-19-46-33(24)22-39(4)35(43)37-28-11-6-5-7-12-28/h5-7,11-18,20,24-26,33,38,41H,8-10,19,21-23H2,1-4H3,(H,37,43)/t24-,25+,26-,33-/m1/s1. The highest BCUT2D eigenvalue weighted by Gasteiger charge is 2.31. The van der Waals surface area contributed by atoms with Gasteiger partial charge in [-0.25, -0.2) is 13.2 Å². The van der Waals surface area contributed by atoms with Gasteiger partial charge in [0, 0.05) is 49.1 Å². The highest BCUT2D eigenvalue weighted by molar-refractivity contribution is 7.92. The molecule has 3 aromatic rings. The maximum Gasteiger partial charge on any atom is 0.321 e. The van der Waals surface area contributed by atoms with Gasteiger partial charge >= 0.3 is 6.03 Å². The number of aliphatic hydroxyl groups excluding tert-OH is 1. The topological polar surface area (TPSA) is 138 Å². The van der Waals surface area contributed by atoms with E-state index >= 15 is 0 Å². The molecule has 0 bridgehead atoms. The Bertz CT molecular complexity index is 1630. The van der Waals surface area contributed by atoms with Crippen LogP contribution < -0.4 is 14.8 Å². The zero-order chi connectivity index (χ0) is 34.8. The second-order valence-electron chi connectivity index (χ2n) is 12.2. The van der Waals surface area contributed by atoms with E-state index in [1.165, 1.54) is 30.3 Å². The Kier molecular flexibility index (Phi) is 13.1. The molecular weight excluding hydrogens is 656 g/mol. The lowest BCUT2D eigenvalue weighted by Gasteiger charge is -2.35. The van der Waals surface area contributed by atoms with Gasteiger partial charge in [0.1, 0.15) is 5.75 Å². The minimum absolute atomic E-state index is 0.0148. The molecule has 1 heterocycles. The van der Waals surface area contributed by atoms with Crippen molar-refractivity contribution in [2.45, 2.75) is 63.2 Å². The van der Waals surface area contributed by atoms with Crippen LogP contribution in [-0.4, -0.2) is 86.9 Å². The number of amides is 3. The number of urea groups is 1. The van der Waals surface area contributed by atoms with E-state index in [4.69, 9.17) is 21.1 Å². The van der Waals surface area contributed by atoms with Gasteiger partial charge in [0.15, 0.2) is 0 Å². The van der Waals surface area contributed by atoms with Crippen LogP contribution >= 0.6 is 11.6 Å². The number of hydrogen-bond donors (Lipinski definition) is 3. The molecule has 0 aromatic heterocycles. The zero-order valence-corrected chi connectivity index (χ0v) is 29.3. The van der Waals surface area contributed by atoms with Crippen molar-refractivity contribution in [3.05, 3.63) is 83.4 Å². The van der Waals surface area contributed by atoms with E-state index in [2.05, 4.69) is 10.0 Å². The molecule has 4 rings (SSSR count). The molecule has 1 aliphatic heterocycles. The van der Waals surface area contributed by atoms with E-state index in [1.807, 2.05) is 44.2 Å². The summed E-state index contributed by atoms with van der Waals surface area (Å²) in [6.45, 7) is 6.21. The van der Waals surface area contributed by atoms with Crippen LogP contribution in [0.2, 0.25) is 5.02 Å². The Hall–Kier alpha value is -3.84. The highest BCUT2D eigenvalue weighted by atomic mass is 35.5. The number of para-hydroxylation sites is 1. The van der Waals surface area contributed by atoms with E-state index in [0.29, 0.717) is 29.5 Å². The van der Waals surface area contributed by atoms with Crippen LogP contribution in [0.25, 0.3) is 0 Å². The van der Waals surface area contributed by atoms with Crippen LogP contribution in [0.4, 0.5) is 16.2 Å². The number of fused-ring (bicyclic) bond motifs is 1. The maximum atomic E-state index is 14.4. The predicted octanol–water partition coefficient (Wildman–Crippen LogP) is 6.10. The summed E-state index contributed by atoms with van der Waals surface area (Å²) in [5.41, 5.74) is 0.999. The Morgan fingerprint density at radius 2 is 1.77 bits per heavy atom. The molecule has 0 fully saturated rings. The first kappa shape index (κ1) is 37.0. The fraction of sp³-hybridized carbons (Fsp3) is 0.429. The number of hydrogen-bond acceptors (Lipinski definition) is 7. The third-order valence-electron chi connectivity index (χ3n) is 8.25. The van der Waals surface area contributed by atoms with Gasteiger partial charge in [-0.1, -0.05) is 36.7 Å². The molecule has 0 radical (unpaired) electrons. The van der Waals surface area contributed by atoms with Gasteiger partial charge in [0.25, 0.3) is 15.9 Å². The third-order valence-corrected chi connectivity index (χ3v) is 9.90. The monoisotopic (exact) mass is 700 g/mol. The number of rotatable bonds is 8. The summed E-state index contributed by atoms with van der Waals surface area (Å²) in [7, 11) is -2.30. The lowest BCUT2D eigenvalue weighted by molar-refractivity contribution is -0.0115. The Morgan fingerprint density at radius 3 is 2.46 bits per heavy atom. The second kappa shape index (κ2) is 17.0. The molecule has 3 amide bonds. The van der Waals surface area contributed by atoms with Crippen molar-refractivity contribution in [1.29, 1.82) is 0 Å². The van der Waals surface area contributed by atoms with E-state index in [0.717, 1.165) is 12.8 Å². The van der Waals surface area contributed by atoms with Crippen molar-refractivity contribution in [1.82, 2.24) is 9.80 Å². The average Bonchev–Trinajstić information content (AvgIpc) is 3.06. The summed E-state index contributed by atoms with van der Waals surface area (Å²) in [6, 6.07) is 18.7. The first-order valence-corrected chi connectivity index (χ1v) is 17.9. The van der Waals surface area contributed by atoms with E-state index in [9.17, 15) is 23.1 Å². The lowest BCUT2D eigenvalue weighted by atomic mass is 10.0. The quantitative estimate of drug-likeness (QED) is 0.258. The van der Waals surface area contributed by atoms with E-state index in [-0.39, 0.29) is 53.9 Å². The minimum Gasteiger partial charge on any atom is -0.490 e. The number of halogens is 1. The molecule has 0 unspecified atom stereocenters. The van der Waals surface area contributed by atoms with E-state index in [1.54, 1.807) is 35.9 Å². The van der Waals surface area contributed by atoms with Gasteiger partial charge in [-0.05, 0) is 87.7 Å². The summed E-state index contributed by atoms with van der Waals surface area (Å²) in [5.74, 6) is -0.385. The summed E-state index contributed by atoms with van der Waals surface area (Å²) in [6.07, 6.45) is 1.60. The van der Waals surface area contributed by atoms with Gasteiger partial charge in [-0.2, -0.15) is 0 Å². The van der Waals surface area contributed by atoms with Gasteiger partial charge in [0.2, 0.25) is 0 Å². The van der Waals surface area contributed by atoms with Crippen molar-refractivity contribution in [2.24, 2.45) is 5.92 Å². The molecule has 3 N–H and O–H groups in total. The maximum absolute atomic E-state index is 14.4. The smallest absolute Gasteiger partial charge is 0.321 e. The first-order valence-electron chi connectivity index (χ1n) is 16.1. The number of ether oxygens (including phenoxy) is 2. The molecule has 0 spiro atoms.